The second-order valence-corrected chi connectivity index (χ2v) is 6.13. The molecule has 26 heavy (non-hydrogen) atoms. The molecule has 1 aromatic carbocycles. The summed E-state index contributed by atoms with van der Waals surface area (Å²) in [6, 6.07) is 8.40. The van der Waals surface area contributed by atoms with Crippen LogP contribution in [0.5, 0.6) is 17.2 Å². The number of hydrogen-bond donors (Lipinski definition) is 0. The van der Waals surface area contributed by atoms with E-state index < -0.39 is 5.63 Å². The zero-order chi connectivity index (χ0) is 18.7. The molecule has 0 atom stereocenters. The zero-order valence-corrected chi connectivity index (χ0v) is 15.0. The van der Waals surface area contributed by atoms with Crippen LogP contribution in [0, 0.1) is 6.92 Å². The summed E-state index contributed by atoms with van der Waals surface area (Å²) in [5.74, 6) is 2.20. The zero-order valence-electron chi connectivity index (χ0n) is 15.0. The number of benzene rings is 1. The Morgan fingerprint density at radius 3 is 2.54 bits per heavy atom. The Kier molecular flexibility index (Phi) is 5.16. The number of amides is 1. The molecule has 0 radical (unpaired) electrons. The van der Waals surface area contributed by atoms with Gasteiger partial charge in [0.05, 0.1) is 39.8 Å². The number of methoxy groups -OCH3 is 2. The number of ether oxygens (including phenoxy) is 3. The van der Waals surface area contributed by atoms with Crippen LogP contribution in [0.3, 0.4) is 0 Å². The van der Waals surface area contributed by atoms with Crippen molar-refractivity contribution in [1.29, 1.82) is 0 Å². The first-order valence-corrected chi connectivity index (χ1v) is 8.25. The lowest BCUT2D eigenvalue weighted by Gasteiger charge is -2.39. The van der Waals surface area contributed by atoms with Gasteiger partial charge in [-0.2, -0.15) is 0 Å². The first-order chi connectivity index (χ1) is 12.5. The van der Waals surface area contributed by atoms with Crippen LogP contribution in [0.25, 0.3) is 0 Å². The van der Waals surface area contributed by atoms with Gasteiger partial charge >= 0.3 is 5.63 Å². The summed E-state index contributed by atoms with van der Waals surface area (Å²) in [6.07, 6.45) is 0.159. The van der Waals surface area contributed by atoms with Gasteiger partial charge in [-0.3, -0.25) is 4.79 Å². The number of carbonyl (C=O) groups excluding carboxylic acids is 1. The Balaban J connectivity index is 1.54. The number of hydrogen-bond acceptors (Lipinski definition) is 6. The second-order valence-electron chi connectivity index (χ2n) is 6.13. The fourth-order valence-corrected chi connectivity index (χ4v) is 2.83. The lowest BCUT2D eigenvalue weighted by atomic mass is 10.1. The molecule has 2 heterocycles. The molecule has 7 nitrogen and oxygen atoms in total. The third-order valence-corrected chi connectivity index (χ3v) is 4.17. The predicted octanol–water partition coefficient (Wildman–Crippen LogP) is 1.80. The highest BCUT2D eigenvalue weighted by atomic mass is 16.5. The third-order valence-electron chi connectivity index (χ3n) is 4.17. The highest BCUT2D eigenvalue weighted by molar-refractivity contribution is 5.80. The van der Waals surface area contributed by atoms with Crippen LogP contribution >= 0.6 is 0 Å². The standard InChI is InChI=1S/C19H21NO6/c1-12-6-14(9-19(22)25-12)26-15-10-20(11-15)18(21)8-13-4-5-16(23-2)17(7-13)24-3/h4-7,9,15H,8,10-11H2,1-3H3. The smallest absolute Gasteiger partial charge is 0.339 e. The van der Waals surface area contributed by atoms with Gasteiger partial charge in [-0.25, -0.2) is 4.79 Å². The van der Waals surface area contributed by atoms with Crippen molar-refractivity contribution in [2.24, 2.45) is 0 Å². The molecular formula is C19H21NO6. The quantitative estimate of drug-likeness (QED) is 0.783. The molecule has 1 fully saturated rings. The van der Waals surface area contributed by atoms with E-state index in [1.165, 1.54) is 6.07 Å². The molecule has 1 saturated heterocycles. The summed E-state index contributed by atoms with van der Waals surface area (Å²) in [4.78, 5) is 25.5. The number of aryl methyl sites for hydroxylation is 1. The van der Waals surface area contributed by atoms with Crippen LogP contribution in [0.15, 0.2) is 39.5 Å². The number of nitrogens with zero attached hydrogens (tertiary/aromatic N) is 1. The Morgan fingerprint density at radius 2 is 1.88 bits per heavy atom. The maximum Gasteiger partial charge on any atom is 0.339 e. The summed E-state index contributed by atoms with van der Waals surface area (Å²) in [7, 11) is 3.13. The van der Waals surface area contributed by atoms with Crippen LogP contribution in [-0.2, 0) is 11.2 Å². The van der Waals surface area contributed by atoms with E-state index >= 15 is 0 Å². The van der Waals surface area contributed by atoms with Gasteiger partial charge in [-0.1, -0.05) is 6.07 Å². The maximum atomic E-state index is 12.4. The summed E-state index contributed by atoms with van der Waals surface area (Å²) < 4.78 is 21.1. The average Bonchev–Trinajstić information content (AvgIpc) is 2.56. The summed E-state index contributed by atoms with van der Waals surface area (Å²) in [5, 5.41) is 0. The second kappa shape index (κ2) is 7.51. The molecular weight excluding hydrogens is 338 g/mol. The molecule has 2 aromatic rings. The Morgan fingerprint density at radius 1 is 1.15 bits per heavy atom. The number of carbonyl (C=O) groups is 1. The van der Waals surface area contributed by atoms with E-state index in [9.17, 15) is 9.59 Å². The van der Waals surface area contributed by atoms with Crippen molar-refractivity contribution in [3.05, 3.63) is 52.1 Å². The molecule has 0 bridgehead atoms. The first kappa shape index (κ1) is 17.8. The fraction of sp³-hybridized carbons (Fsp3) is 0.368. The highest BCUT2D eigenvalue weighted by Crippen LogP contribution is 2.28. The van der Waals surface area contributed by atoms with E-state index in [2.05, 4.69) is 0 Å². The first-order valence-electron chi connectivity index (χ1n) is 8.25. The van der Waals surface area contributed by atoms with Gasteiger partial charge in [0.2, 0.25) is 5.91 Å². The molecule has 0 aliphatic carbocycles. The van der Waals surface area contributed by atoms with Gasteiger partial charge < -0.3 is 23.5 Å². The van der Waals surface area contributed by atoms with Crippen LogP contribution in [-0.4, -0.2) is 44.2 Å². The van der Waals surface area contributed by atoms with Gasteiger partial charge in [0.25, 0.3) is 0 Å². The van der Waals surface area contributed by atoms with E-state index in [-0.39, 0.29) is 18.4 Å². The molecule has 0 saturated carbocycles. The van der Waals surface area contributed by atoms with E-state index in [0.29, 0.717) is 36.1 Å². The van der Waals surface area contributed by atoms with Crippen molar-refractivity contribution >= 4 is 5.91 Å². The molecule has 1 aliphatic rings. The minimum atomic E-state index is -0.444. The van der Waals surface area contributed by atoms with E-state index in [0.717, 1.165) is 5.56 Å². The van der Waals surface area contributed by atoms with Gasteiger partial charge in [-0.05, 0) is 24.6 Å². The average molecular weight is 359 g/mol. The minimum Gasteiger partial charge on any atom is -0.493 e. The van der Waals surface area contributed by atoms with E-state index in [1.807, 2.05) is 6.07 Å². The Hall–Kier alpha value is -2.96. The van der Waals surface area contributed by atoms with Crippen LogP contribution in [0.1, 0.15) is 11.3 Å². The highest BCUT2D eigenvalue weighted by Gasteiger charge is 2.32. The summed E-state index contributed by atoms with van der Waals surface area (Å²) in [6.45, 7) is 2.67. The van der Waals surface area contributed by atoms with Gasteiger partial charge in [0.15, 0.2) is 11.5 Å². The minimum absolute atomic E-state index is 0.0147. The molecule has 1 amide bonds. The van der Waals surface area contributed by atoms with Gasteiger partial charge in [0.1, 0.15) is 17.6 Å². The van der Waals surface area contributed by atoms with Gasteiger partial charge in [0, 0.05) is 6.07 Å². The molecule has 3 rings (SSSR count). The summed E-state index contributed by atoms with van der Waals surface area (Å²) in [5.41, 5.74) is 0.411. The molecule has 0 N–H and O–H groups in total. The van der Waals surface area contributed by atoms with Gasteiger partial charge in [-0.15, -0.1) is 0 Å². The normalized spacial score (nSPS) is 13.9. The summed E-state index contributed by atoms with van der Waals surface area (Å²) >= 11 is 0. The number of likely N-dealkylation sites (tertiary alicyclic amines) is 1. The molecule has 0 unspecified atom stereocenters. The Bertz CT molecular complexity index is 853. The Labute approximate surface area is 151 Å². The van der Waals surface area contributed by atoms with Crippen LogP contribution in [0.2, 0.25) is 0 Å². The van der Waals surface area contributed by atoms with Crippen molar-refractivity contribution in [2.45, 2.75) is 19.4 Å². The maximum absolute atomic E-state index is 12.4. The van der Waals surface area contributed by atoms with Crippen LogP contribution in [0.4, 0.5) is 0 Å². The van der Waals surface area contributed by atoms with Crippen molar-refractivity contribution < 1.29 is 23.4 Å². The SMILES string of the molecule is COc1ccc(CC(=O)N2CC(Oc3cc(C)oc(=O)c3)C2)cc1OC. The van der Waals surface area contributed by atoms with Crippen molar-refractivity contribution in [3.8, 4) is 17.2 Å². The van der Waals surface area contributed by atoms with E-state index in [4.69, 9.17) is 18.6 Å². The van der Waals surface area contributed by atoms with Crippen molar-refractivity contribution in [1.82, 2.24) is 4.90 Å². The van der Waals surface area contributed by atoms with E-state index in [1.54, 1.807) is 44.2 Å². The molecule has 138 valence electrons. The molecule has 0 spiro atoms. The van der Waals surface area contributed by atoms with Crippen LogP contribution < -0.4 is 19.8 Å². The topological polar surface area (TPSA) is 78.2 Å². The third kappa shape index (κ3) is 3.99. The largest absolute Gasteiger partial charge is 0.493 e. The van der Waals surface area contributed by atoms with Crippen molar-refractivity contribution in [3.63, 3.8) is 0 Å². The lowest BCUT2D eigenvalue weighted by Crippen LogP contribution is -2.56. The monoisotopic (exact) mass is 359 g/mol. The van der Waals surface area contributed by atoms with Crippen molar-refractivity contribution in [2.75, 3.05) is 27.3 Å². The predicted molar refractivity (Wildman–Crippen MR) is 94.0 cm³/mol. The fourth-order valence-electron chi connectivity index (χ4n) is 2.83. The molecule has 7 heteroatoms. The molecule has 1 aromatic heterocycles. The lowest BCUT2D eigenvalue weighted by molar-refractivity contribution is -0.139. The molecule has 1 aliphatic heterocycles. The number of rotatable bonds is 6.